The van der Waals surface area contributed by atoms with Gasteiger partial charge in [-0.15, -0.1) is 0 Å². The van der Waals surface area contributed by atoms with Gasteiger partial charge in [0.1, 0.15) is 5.82 Å². The molecular formula is C28H35N5. The molecule has 0 atom stereocenters. The van der Waals surface area contributed by atoms with Crippen LogP contribution in [0.2, 0.25) is 0 Å². The van der Waals surface area contributed by atoms with Crippen LogP contribution in [0.4, 0.5) is 11.8 Å². The minimum absolute atomic E-state index is 0.450. The third-order valence-corrected chi connectivity index (χ3v) is 6.28. The van der Waals surface area contributed by atoms with E-state index in [1.54, 1.807) is 0 Å². The highest BCUT2D eigenvalue weighted by Crippen LogP contribution is 2.28. The zero-order valence-corrected chi connectivity index (χ0v) is 19.8. The number of aromatic nitrogens is 2. The second-order valence-corrected chi connectivity index (χ2v) is 9.12. The van der Waals surface area contributed by atoms with Gasteiger partial charge in [0.25, 0.3) is 0 Å². The van der Waals surface area contributed by atoms with Crippen molar-refractivity contribution in [3.05, 3.63) is 60.2 Å². The molecule has 0 bridgehead atoms. The van der Waals surface area contributed by atoms with Gasteiger partial charge in [-0.3, -0.25) is 0 Å². The number of rotatable bonds is 8. The molecule has 0 amide bonds. The highest BCUT2D eigenvalue weighted by atomic mass is 15.2. The first-order chi connectivity index (χ1) is 16.2. The normalized spacial score (nSPS) is 17.9. The zero-order valence-electron chi connectivity index (χ0n) is 19.8. The summed E-state index contributed by atoms with van der Waals surface area (Å²) in [4.78, 5) is 11.6. The van der Waals surface area contributed by atoms with E-state index in [2.05, 4.69) is 51.6 Å². The molecule has 1 aromatic heterocycles. The van der Waals surface area contributed by atoms with Gasteiger partial charge >= 0.3 is 0 Å². The lowest BCUT2D eigenvalue weighted by Crippen LogP contribution is -2.32. The van der Waals surface area contributed by atoms with Crippen molar-refractivity contribution in [1.29, 1.82) is 0 Å². The summed E-state index contributed by atoms with van der Waals surface area (Å²) < 4.78 is 0. The lowest BCUT2D eigenvalue weighted by Gasteiger charge is -2.29. The van der Waals surface area contributed by atoms with Crippen LogP contribution in [0.15, 0.2) is 54.6 Å². The van der Waals surface area contributed by atoms with Crippen LogP contribution in [-0.2, 0) is 0 Å². The quantitative estimate of drug-likeness (QED) is 0.377. The number of nitrogens with one attached hydrogen (secondary N) is 2. The van der Waals surface area contributed by atoms with Crippen molar-refractivity contribution in [3.8, 4) is 11.8 Å². The number of para-hydroxylation sites is 1. The minimum atomic E-state index is 0.450. The van der Waals surface area contributed by atoms with Crippen LogP contribution in [0, 0.1) is 17.8 Å². The number of anilines is 2. The van der Waals surface area contributed by atoms with Crippen LogP contribution in [-0.4, -0.2) is 43.2 Å². The third-order valence-electron chi connectivity index (χ3n) is 6.28. The van der Waals surface area contributed by atoms with E-state index in [0.717, 1.165) is 60.1 Å². The highest BCUT2D eigenvalue weighted by molar-refractivity contribution is 5.90. The van der Waals surface area contributed by atoms with Crippen molar-refractivity contribution in [2.45, 2.75) is 44.6 Å². The van der Waals surface area contributed by atoms with Crippen molar-refractivity contribution in [1.82, 2.24) is 15.3 Å². The predicted molar refractivity (Wildman–Crippen MR) is 139 cm³/mol. The van der Waals surface area contributed by atoms with Crippen molar-refractivity contribution in [2.75, 3.05) is 37.4 Å². The third kappa shape index (κ3) is 6.69. The SMILES string of the molecule is CN(C)c1nc(NC2CCC(CNCCCC#Cc3ccccc3)CC2)nc2ccccc12. The number of hydrogen-bond acceptors (Lipinski definition) is 5. The van der Waals surface area contributed by atoms with E-state index in [1.165, 1.54) is 25.7 Å². The van der Waals surface area contributed by atoms with Crippen LogP contribution in [0.1, 0.15) is 44.1 Å². The van der Waals surface area contributed by atoms with Gasteiger partial charge in [0.2, 0.25) is 5.95 Å². The summed E-state index contributed by atoms with van der Waals surface area (Å²) in [6.45, 7) is 2.15. The fourth-order valence-electron chi connectivity index (χ4n) is 4.45. The van der Waals surface area contributed by atoms with Gasteiger partial charge in [0.15, 0.2) is 0 Å². The maximum absolute atomic E-state index is 4.80. The van der Waals surface area contributed by atoms with Crippen LogP contribution < -0.4 is 15.5 Å². The van der Waals surface area contributed by atoms with Crippen molar-refractivity contribution >= 4 is 22.7 Å². The molecule has 4 rings (SSSR count). The summed E-state index contributed by atoms with van der Waals surface area (Å²) in [5.41, 5.74) is 2.09. The Bertz CT molecular complexity index is 1080. The Balaban J connectivity index is 1.17. The monoisotopic (exact) mass is 441 g/mol. The minimum Gasteiger partial charge on any atom is -0.362 e. The lowest BCUT2D eigenvalue weighted by atomic mass is 9.86. The molecule has 5 nitrogen and oxygen atoms in total. The number of fused-ring (bicyclic) bond motifs is 1. The van der Waals surface area contributed by atoms with Gasteiger partial charge in [-0.1, -0.05) is 42.2 Å². The van der Waals surface area contributed by atoms with Crippen LogP contribution in [0.25, 0.3) is 10.9 Å². The fourth-order valence-corrected chi connectivity index (χ4v) is 4.45. The Kier molecular flexibility index (Phi) is 8.16. The standard InChI is InChI=1S/C28H35N5/c1-33(2)27-25-14-8-9-15-26(25)31-28(32-27)30-24-18-16-23(17-19-24)21-29-20-10-4-7-13-22-11-5-3-6-12-22/h3,5-6,8-9,11-12,14-15,23-24,29H,4,10,16-21H2,1-2H3,(H,30,31,32). The Morgan fingerprint density at radius 1 is 0.939 bits per heavy atom. The van der Waals surface area contributed by atoms with E-state index in [9.17, 15) is 0 Å². The molecule has 0 unspecified atom stereocenters. The Labute approximate surface area is 198 Å². The summed E-state index contributed by atoms with van der Waals surface area (Å²) in [6.07, 6.45) is 6.87. The summed E-state index contributed by atoms with van der Waals surface area (Å²) in [5, 5.41) is 8.34. The van der Waals surface area contributed by atoms with Crippen molar-refractivity contribution in [2.24, 2.45) is 5.92 Å². The van der Waals surface area contributed by atoms with Crippen LogP contribution in [0.5, 0.6) is 0 Å². The predicted octanol–water partition coefficient (Wildman–Crippen LogP) is 5.09. The van der Waals surface area contributed by atoms with Gasteiger partial charge in [-0.05, 0) is 75.4 Å². The number of nitrogens with zero attached hydrogens (tertiary/aromatic N) is 3. The molecule has 3 aromatic rings. The molecular weight excluding hydrogens is 406 g/mol. The largest absolute Gasteiger partial charge is 0.362 e. The Morgan fingerprint density at radius 2 is 1.70 bits per heavy atom. The molecule has 0 spiro atoms. The molecule has 5 heteroatoms. The molecule has 0 saturated heterocycles. The molecule has 0 aliphatic heterocycles. The zero-order chi connectivity index (χ0) is 22.9. The Hall–Kier alpha value is -3.10. The molecule has 33 heavy (non-hydrogen) atoms. The maximum atomic E-state index is 4.80. The summed E-state index contributed by atoms with van der Waals surface area (Å²) in [7, 11) is 4.07. The van der Waals surface area contributed by atoms with Gasteiger partial charge in [0.05, 0.1) is 5.52 Å². The molecule has 1 aliphatic carbocycles. The van der Waals surface area contributed by atoms with E-state index in [1.807, 2.05) is 44.4 Å². The number of hydrogen-bond donors (Lipinski definition) is 2. The summed E-state index contributed by atoms with van der Waals surface area (Å²) >= 11 is 0. The fraction of sp³-hybridized carbons (Fsp3) is 0.429. The van der Waals surface area contributed by atoms with Crippen LogP contribution >= 0.6 is 0 Å². The van der Waals surface area contributed by atoms with Gasteiger partial charge in [-0.25, -0.2) is 4.98 Å². The van der Waals surface area contributed by atoms with E-state index < -0.39 is 0 Å². The van der Waals surface area contributed by atoms with E-state index in [0.29, 0.717) is 6.04 Å². The first-order valence-electron chi connectivity index (χ1n) is 12.1. The van der Waals surface area contributed by atoms with E-state index in [-0.39, 0.29) is 0 Å². The second kappa shape index (κ2) is 11.7. The van der Waals surface area contributed by atoms with Gasteiger partial charge in [-0.2, -0.15) is 4.98 Å². The molecule has 2 aromatic carbocycles. The molecule has 1 aliphatic rings. The van der Waals surface area contributed by atoms with E-state index >= 15 is 0 Å². The number of unbranched alkanes of at least 4 members (excludes halogenated alkanes) is 1. The van der Waals surface area contributed by atoms with Gasteiger partial charge in [0, 0.05) is 37.5 Å². The first-order valence-corrected chi connectivity index (χ1v) is 12.1. The topological polar surface area (TPSA) is 53.1 Å². The number of benzene rings is 2. The maximum Gasteiger partial charge on any atom is 0.225 e. The van der Waals surface area contributed by atoms with Crippen LogP contribution in [0.3, 0.4) is 0 Å². The summed E-state index contributed by atoms with van der Waals surface area (Å²) in [6, 6.07) is 18.9. The molecule has 1 fully saturated rings. The smallest absolute Gasteiger partial charge is 0.225 e. The molecule has 2 N–H and O–H groups in total. The average Bonchev–Trinajstić information content (AvgIpc) is 2.84. The molecule has 1 heterocycles. The molecule has 172 valence electrons. The second-order valence-electron chi connectivity index (χ2n) is 9.12. The molecule has 0 radical (unpaired) electrons. The Morgan fingerprint density at radius 3 is 2.48 bits per heavy atom. The first kappa shape index (κ1) is 23.1. The average molecular weight is 442 g/mol. The van der Waals surface area contributed by atoms with Gasteiger partial charge < -0.3 is 15.5 Å². The lowest BCUT2D eigenvalue weighted by molar-refractivity contribution is 0.324. The summed E-state index contributed by atoms with van der Waals surface area (Å²) in [5.74, 6) is 8.98. The van der Waals surface area contributed by atoms with Crippen molar-refractivity contribution in [3.63, 3.8) is 0 Å². The highest BCUT2D eigenvalue weighted by Gasteiger charge is 2.22. The molecule has 1 saturated carbocycles. The van der Waals surface area contributed by atoms with Crippen molar-refractivity contribution < 1.29 is 0 Å². The van der Waals surface area contributed by atoms with E-state index in [4.69, 9.17) is 9.97 Å².